The van der Waals surface area contributed by atoms with Gasteiger partial charge in [-0.3, -0.25) is 4.79 Å². The van der Waals surface area contributed by atoms with Gasteiger partial charge in [0.15, 0.2) is 0 Å². The number of piperazine rings is 1. The van der Waals surface area contributed by atoms with Crippen molar-refractivity contribution >= 4 is 5.91 Å². The van der Waals surface area contributed by atoms with Crippen molar-refractivity contribution in [3.05, 3.63) is 11.7 Å². The lowest BCUT2D eigenvalue weighted by atomic mass is 10.1. The van der Waals surface area contributed by atoms with Crippen LogP contribution < -0.4 is 10.6 Å². The average molecular weight is 268 g/mol. The molecule has 1 aromatic rings. The van der Waals surface area contributed by atoms with Crippen LogP contribution in [0.1, 0.15) is 37.6 Å². The van der Waals surface area contributed by atoms with E-state index in [0.29, 0.717) is 24.7 Å². The normalized spacial score (nSPS) is 21.2. The number of carbonyl (C=O) groups excluding carboxylic acids is 1. The fourth-order valence-corrected chi connectivity index (χ4v) is 2.08. The fourth-order valence-electron chi connectivity index (χ4n) is 2.08. The third-order valence-corrected chi connectivity index (χ3v) is 3.12. The predicted octanol–water partition coefficient (Wildman–Crippen LogP) is 0.188. The van der Waals surface area contributed by atoms with Crippen molar-refractivity contribution in [2.24, 2.45) is 0 Å². The molecule has 0 radical (unpaired) electrons. The molecule has 0 aliphatic carbocycles. The molecule has 1 saturated heterocycles. The summed E-state index contributed by atoms with van der Waals surface area (Å²) >= 11 is 0. The molecule has 1 fully saturated rings. The molecule has 19 heavy (non-hydrogen) atoms. The minimum absolute atomic E-state index is 0.0251. The zero-order valence-electron chi connectivity index (χ0n) is 11.3. The fraction of sp³-hybridized carbons (Fsp3) is 0.750. The molecule has 1 amide bonds. The summed E-state index contributed by atoms with van der Waals surface area (Å²) in [6, 6.07) is -0.297. The third kappa shape index (κ3) is 3.51. The molecule has 2 N–H and O–H groups in total. The maximum absolute atomic E-state index is 11.6. The Bertz CT molecular complexity index is 421. The van der Waals surface area contributed by atoms with E-state index in [4.69, 9.17) is 9.26 Å². The lowest BCUT2D eigenvalue weighted by molar-refractivity contribution is -0.124. The molecule has 0 saturated carbocycles. The van der Waals surface area contributed by atoms with Gasteiger partial charge < -0.3 is 19.9 Å². The lowest BCUT2D eigenvalue weighted by Gasteiger charge is -2.21. The van der Waals surface area contributed by atoms with Crippen molar-refractivity contribution in [2.75, 3.05) is 20.2 Å². The first kappa shape index (κ1) is 14.0. The molecule has 0 bridgehead atoms. The van der Waals surface area contributed by atoms with Crippen LogP contribution in [-0.2, 0) is 16.0 Å². The van der Waals surface area contributed by atoms with Gasteiger partial charge in [0, 0.05) is 20.2 Å². The molecule has 106 valence electrons. The Morgan fingerprint density at radius 2 is 2.37 bits per heavy atom. The predicted molar refractivity (Wildman–Crippen MR) is 67.5 cm³/mol. The maximum atomic E-state index is 11.6. The van der Waals surface area contributed by atoms with E-state index in [1.807, 2.05) is 0 Å². The standard InChI is InChI=1S/C12H20N4O3/c1-3-4-9(18-2)11-15-10(19-16-11)7-8-12(17)14-6-5-13-8/h8-9,13H,3-7H2,1-2H3,(H,14,17). The number of hydrogen-bond donors (Lipinski definition) is 2. The maximum Gasteiger partial charge on any atom is 0.237 e. The van der Waals surface area contributed by atoms with Gasteiger partial charge >= 0.3 is 0 Å². The summed E-state index contributed by atoms with van der Waals surface area (Å²) in [5.74, 6) is 0.987. The second-order valence-corrected chi connectivity index (χ2v) is 4.56. The summed E-state index contributed by atoms with van der Waals surface area (Å²) in [7, 11) is 1.63. The molecule has 2 atom stereocenters. The Kier molecular flexibility index (Phi) is 4.86. The summed E-state index contributed by atoms with van der Waals surface area (Å²) in [6.07, 6.45) is 2.09. The van der Waals surface area contributed by atoms with E-state index in [1.165, 1.54) is 0 Å². The van der Waals surface area contributed by atoms with Gasteiger partial charge in [-0.2, -0.15) is 4.98 Å². The highest BCUT2D eigenvalue weighted by atomic mass is 16.5. The quantitative estimate of drug-likeness (QED) is 0.765. The van der Waals surface area contributed by atoms with E-state index >= 15 is 0 Å². The van der Waals surface area contributed by atoms with Gasteiger partial charge in [0.2, 0.25) is 17.6 Å². The average Bonchev–Trinajstić information content (AvgIpc) is 2.87. The Morgan fingerprint density at radius 3 is 3.05 bits per heavy atom. The molecule has 2 unspecified atom stereocenters. The van der Waals surface area contributed by atoms with Crippen LogP contribution in [0.5, 0.6) is 0 Å². The number of rotatable bonds is 6. The van der Waals surface area contributed by atoms with E-state index in [9.17, 15) is 4.79 Å². The first-order valence-corrected chi connectivity index (χ1v) is 6.61. The number of hydrogen-bond acceptors (Lipinski definition) is 6. The highest BCUT2D eigenvalue weighted by molar-refractivity contribution is 5.82. The largest absolute Gasteiger partial charge is 0.373 e. The van der Waals surface area contributed by atoms with Crippen molar-refractivity contribution in [1.82, 2.24) is 20.8 Å². The molecule has 2 rings (SSSR count). The minimum Gasteiger partial charge on any atom is -0.373 e. The van der Waals surface area contributed by atoms with Crippen LogP contribution in [0.15, 0.2) is 4.52 Å². The molecule has 2 heterocycles. The second-order valence-electron chi connectivity index (χ2n) is 4.56. The Morgan fingerprint density at radius 1 is 1.53 bits per heavy atom. The lowest BCUT2D eigenvalue weighted by Crippen LogP contribution is -2.53. The number of aromatic nitrogens is 2. The highest BCUT2D eigenvalue weighted by Gasteiger charge is 2.25. The Hall–Kier alpha value is -1.47. The molecule has 0 aromatic carbocycles. The van der Waals surface area contributed by atoms with E-state index in [2.05, 4.69) is 27.7 Å². The van der Waals surface area contributed by atoms with E-state index in [-0.39, 0.29) is 18.1 Å². The zero-order chi connectivity index (χ0) is 13.7. The molecule has 1 aliphatic heterocycles. The Labute approximate surface area is 112 Å². The van der Waals surface area contributed by atoms with E-state index < -0.39 is 0 Å². The van der Waals surface area contributed by atoms with Crippen LogP contribution in [-0.4, -0.2) is 42.3 Å². The SMILES string of the molecule is CCCC(OC)c1noc(CC2NCCNC2=O)n1. The van der Waals surface area contributed by atoms with Gasteiger partial charge in [-0.15, -0.1) is 0 Å². The number of nitrogens with one attached hydrogen (secondary N) is 2. The van der Waals surface area contributed by atoms with Gasteiger partial charge in [-0.25, -0.2) is 0 Å². The second kappa shape index (κ2) is 6.63. The van der Waals surface area contributed by atoms with Gasteiger partial charge in [0.1, 0.15) is 6.10 Å². The molecule has 0 spiro atoms. The van der Waals surface area contributed by atoms with Crippen molar-refractivity contribution in [3.63, 3.8) is 0 Å². The van der Waals surface area contributed by atoms with Gasteiger partial charge in [0.25, 0.3) is 0 Å². The first-order valence-electron chi connectivity index (χ1n) is 6.61. The summed E-state index contributed by atoms with van der Waals surface area (Å²) in [5, 5.41) is 9.85. The van der Waals surface area contributed by atoms with Crippen molar-refractivity contribution in [2.45, 2.75) is 38.3 Å². The topological polar surface area (TPSA) is 89.3 Å². The Balaban J connectivity index is 1.98. The number of ether oxygens (including phenoxy) is 1. The molecule has 7 nitrogen and oxygen atoms in total. The van der Waals surface area contributed by atoms with Crippen LogP contribution in [0.4, 0.5) is 0 Å². The van der Waals surface area contributed by atoms with Gasteiger partial charge in [-0.05, 0) is 6.42 Å². The van der Waals surface area contributed by atoms with Crippen molar-refractivity contribution < 1.29 is 14.1 Å². The summed E-state index contributed by atoms with van der Waals surface area (Å²) in [6.45, 7) is 3.49. The van der Waals surface area contributed by atoms with E-state index in [0.717, 1.165) is 19.4 Å². The van der Waals surface area contributed by atoms with Crippen molar-refractivity contribution in [3.8, 4) is 0 Å². The summed E-state index contributed by atoms with van der Waals surface area (Å²) < 4.78 is 10.5. The molecule has 1 aromatic heterocycles. The van der Waals surface area contributed by atoms with Gasteiger partial charge in [-0.1, -0.05) is 18.5 Å². The molecular formula is C12H20N4O3. The number of amides is 1. The third-order valence-electron chi connectivity index (χ3n) is 3.12. The van der Waals surface area contributed by atoms with Gasteiger partial charge in [0.05, 0.1) is 12.5 Å². The van der Waals surface area contributed by atoms with Crippen molar-refractivity contribution in [1.29, 1.82) is 0 Å². The molecule has 1 aliphatic rings. The van der Waals surface area contributed by atoms with Crippen LogP contribution >= 0.6 is 0 Å². The number of carbonyl (C=O) groups is 1. The monoisotopic (exact) mass is 268 g/mol. The van der Waals surface area contributed by atoms with Crippen LogP contribution in [0.3, 0.4) is 0 Å². The van der Waals surface area contributed by atoms with Crippen LogP contribution in [0, 0.1) is 0 Å². The highest BCUT2D eigenvalue weighted by Crippen LogP contribution is 2.19. The number of nitrogens with zero attached hydrogens (tertiary/aromatic N) is 2. The van der Waals surface area contributed by atoms with Crippen LogP contribution in [0.25, 0.3) is 0 Å². The first-order chi connectivity index (χ1) is 9.24. The molecular weight excluding hydrogens is 248 g/mol. The zero-order valence-corrected chi connectivity index (χ0v) is 11.3. The number of methoxy groups -OCH3 is 1. The smallest absolute Gasteiger partial charge is 0.237 e. The van der Waals surface area contributed by atoms with E-state index in [1.54, 1.807) is 7.11 Å². The summed E-state index contributed by atoms with van der Waals surface area (Å²) in [4.78, 5) is 15.9. The van der Waals surface area contributed by atoms with Crippen LogP contribution in [0.2, 0.25) is 0 Å². The minimum atomic E-state index is -0.297. The summed E-state index contributed by atoms with van der Waals surface area (Å²) in [5.41, 5.74) is 0. The molecule has 7 heteroatoms.